The third-order valence-corrected chi connectivity index (χ3v) is 4.17. The van der Waals surface area contributed by atoms with Gasteiger partial charge in [-0.15, -0.1) is 0 Å². The van der Waals surface area contributed by atoms with Crippen molar-refractivity contribution in [1.82, 2.24) is 10.2 Å². The Morgan fingerprint density at radius 1 is 1.06 bits per heavy atom. The molecule has 0 unspecified atom stereocenters. The summed E-state index contributed by atoms with van der Waals surface area (Å²) in [6.07, 6.45) is 4.22. The standard InChI is InChI=1S/C15H22N2/c1-2-14(3-1)15-6-4-13(5-7-15)12-17-10-8-16-9-11-17/h4-7,14,16H,1-3,8-12H2. The highest BCUT2D eigenvalue weighted by molar-refractivity contribution is 5.26. The number of nitrogens with one attached hydrogen (secondary N) is 1. The summed E-state index contributed by atoms with van der Waals surface area (Å²) in [7, 11) is 0. The van der Waals surface area contributed by atoms with Gasteiger partial charge in [-0.3, -0.25) is 4.90 Å². The fraction of sp³-hybridized carbons (Fsp3) is 0.600. The summed E-state index contributed by atoms with van der Waals surface area (Å²) >= 11 is 0. The molecule has 1 saturated carbocycles. The van der Waals surface area contributed by atoms with Crippen LogP contribution in [0.1, 0.15) is 36.3 Å². The first-order valence-corrected chi connectivity index (χ1v) is 6.94. The fourth-order valence-electron chi connectivity index (χ4n) is 2.76. The van der Waals surface area contributed by atoms with E-state index in [1.165, 1.54) is 37.9 Å². The maximum Gasteiger partial charge on any atom is 0.0234 e. The molecule has 2 aliphatic rings. The lowest BCUT2D eigenvalue weighted by molar-refractivity contribution is 0.233. The molecule has 3 rings (SSSR count). The Morgan fingerprint density at radius 3 is 2.35 bits per heavy atom. The lowest BCUT2D eigenvalue weighted by Gasteiger charge is -2.28. The minimum Gasteiger partial charge on any atom is -0.314 e. The Balaban J connectivity index is 1.59. The lowest BCUT2D eigenvalue weighted by atomic mass is 9.80. The number of piperazine rings is 1. The summed E-state index contributed by atoms with van der Waals surface area (Å²) in [5, 5.41) is 3.40. The molecule has 1 aliphatic heterocycles. The van der Waals surface area contributed by atoms with Crippen LogP contribution in [0.15, 0.2) is 24.3 Å². The van der Waals surface area contributed by atoms with Gasteiger partial charge in [0.05, 0.1) is 0 Å². The van der Waals surface area contributed by atoms with Crippen molar-refractivity contribution in [1.29, 1.82) is 0 Å². The van der Waals surface area contributed by atoms with Crippen molar-refractivity contribution in [3.8, 4) is 0 Å². The van der Waals surface area contributed by atoms with Crippen LogP contribution in [0.3, 0.4) is 0 Å². The first kappa shape index (κ1) is 11.2. The Hall–Kier alpha value is -0.860. The highest BCUT2D eigenvalue weighted by Gasteiger charge is 2.19. The molecule has 2 heteroatoms. The summed E-state index contributed by atoms with van der Waals surface area (Å²) in [5.74, 6) is 0.864. The van der Waals surface area contributed by atoms with Crippen LogP contribution in [0.5, 0.6) is 0 Å². The van der Waals surface area contributed by atoms with E-state index >= 15 is 0 Å². The zero-order valence-electron chi connectivity index (χ0n) is 10.5. The van der Waals surface area contributed by atoms with E-state index in [9.17, 15) is 0 Å². The minimum atomic E-state index is 0.864. The van der Waals surface area contributed by atoms with Crippen LogP contribution in [0.25, 0.3) is 0 Å². The van der Waals surface area contributed by atoms with E-state index in [0.717, 1.165) is 25.6 Å². The molecule has 0 spiro atoms. The zero-order valence-corrected chi connectivity index (χ0v) is 10.5. The Kier molecular flexibility index (Phi) is 3.44. The van der Waals surface area contributed by atoms with E-state index in [1.807, 2.05) is 0 Å². The summed E-state index contributed by atoms with van der Waals surface area (Å²) < 4.78 is 0. The van der Waals surface area contributed by atoms with Gasteiger partial charge in [0.15, 0.2) is 0 Å². The van der Waals surface area contributed by atoms with Crippen molar-refractivity contribution < 1.29 is 0 Å². The second kappa shape index (κ2) is 5.19. The van der Waals surface area contributed by atoms with E-state index in [-0.39, 0.29) is 0 Å². The maximum absolute atomic E-state index is 3.40. The van der Waals surface area contributed by atoms with Crippen molar-refractivity contribution >= 4 is 0 Å². The van der Waals surface area contributed by atoms with E-state index < -0.39 is 0 Å². The molecule has 1 aromatic rings. The summed E-state index contributed by atoms with van der Waals surface area (Å²) in [6, 6.07) is 9.36. The summed E-state index contributed by atoms with van der Waals surface area (Å²) in [5.41, 5.74) is 3.02. The molecule has 2 fully saturated rings. The van der Waals surface area contributed by atoms with Gasteiger partial charge in [-0.2, -0.15) is 0 Å². The van der Waals surface area contributed by atoms with Gasteiger partial charge in [-0.25, -0.2) is 0 Å². The van der Waals surface area contributed by atoms with Gasteiger partial charge < -0.3 is 5.32 Å². The Labute approximate surface area is 104 Å². The predicted molar refractivity (Wildman–Crippen MR) is 71.2 cm³/mol. The molecule has 1 aromatic carbocycles. The molecule has 0 radical (unpaired) electrons. The van der Waals surface area contributed by atoms with Gasteiger partial charge in [-0.05, 0) is 29.9 Å². The number of hydrogen-bond donors (Lipinski definition) is 1. The third-order valence-electron chi connectivity index (χ3n) is 4.17. The number of rotatable bonds is 3. The second-order valence-electron chi connectivity index (χ2n) is 5.40. The van der Waals surface area contributed by atoms with Gasteiger partial charge in [0.25, 0.3) is 0 Å². The average molecular weight is 230 g/mol. The fourth-order valence-corrected chi connectivity index (χ4v) is 2.76. The zero-order chi connectivity index (χ0) is 11.5. The topological polar surface area (TPSA) is 15.3 Å². The second-order valence-corrected chi connectivity index (χ2v) is 5.40. The molecule has 1 N–H and O–H groups in total. The van der Waals surface area contributed by atoms with Crippen molar-refractivity contribution in [2.45, 2.75) is 31.7 Å². The largest absolute Gasteiger partial charge is 0.314 e. The van der Waals surface area contributed by atoms with Crippen LogP contribution >= 0.6 is 0 Å². The highest BCUT2D eigenvalue weighted by atomic mass is 15.2. The molecule has 0 atom stereocenters. The molecule has 0 bridgehead atoms. The van der Waals surface area contributed by atoms with Gasteiger partial charge in [0.2, 0.25) is 0 Å². The number of nitrogens with zero attached hydrogens (tertiary/aromatic N) is 1. The molecule has 0 aromatic heterocycles. The molecule has 17 heavy (non-hydrogen) atoms. The normalized spacial score (nSPS) is 22.4. The molecule has 2 nitrogen and oxygen atoms in total. The van der Waals surface area contributed by atoms with Crippen LogP contribution in [-0.4, -0.2) is 31.1 Å². The minimum absolute atomic E-state index is 0.864. The monoisotopic (exact) mass is 230 g/mol. The van der Waals surface area contributed by atoms with E-state index in [0.29, 0.717) is 0 Å². The molecule has 0 amide bonds. The van der Waals surface area contributed by atoms with Crippen molar-refractivity contribution in [3.05, 3.63) is 35.4 Å². The maximum atomic E-state index is 3.40. The van der Waals surface area contributed by atoms with Gasteiger partial charge in [0.1, 0.15) is 0 Å². The molecule has 1 saturated heterocycles. The Morgan fingerprint density at radius 2 is 1.76 bits per heavy atom. The summed E-state index contributed by atoms with van der Waals surface area (Å²) in [6.45, 7) is 5.77. The highest BCUT2D eigenvalue weighted by Crippen LogP contribution is 2.36. The van der Waals surface area contributed by atoms with Crippen molar-refractivity contribution in [2.75, 3.05) is 26.2 Å². The van der Waals surface area contributed by atoms with Crippen LogP contribution in [0.2, 0.25) is 0 Å². The van der Waals surface area contributed by atoms with Gasteiger partial charge in [0, 0.05) is 32.7 Å². The van der Waals surface area contributed by atoms with Crippen molar-refractivity contribution in [2.24, 2.45) is 0 Å². The number of benzene rings is 1. The molecule has 1 aliphatic carbocycles. The average Bonchev–Trinajstić information content (AvgIpc) is 2.31. The van der Waals surface area contributed by atoms with Crippen LogP contribution < -0.4 is 5.32 Å². The molecule has 92 valence electrons. The number of hydrogen-bond acceptors (Lipinski definition) is 2. The van der Waals surface area contributed by atoms with Crippen LogP contribution in [0, 0.1) is 0 Å². The lowest BCUT2D eigenvalue weighted by Crippen LogP contribution is -2.42. The molecular weight excluding hydrogens is 208 g/mol. The van der Waals surface area contributed by atoms with Gasteiger partial charge in [-0.1, -0.05) is 30.7 Å². The van der Waals surface area contributed by atoms with E-state index in [2.05, 4.69) is 34.5 Å². The van der Waals surface area contributed by atoms with E-state index in [4.69, 9.17) is 0 Å². The quantitative estimate of drug-likeness (QED) is 0.857. The molecular formula is C15H22N2. The van der Waals surface area contributed by atoms with Crippen LogP contribution in [-0.2, 0) is 6.54 Å². The van der Waals surface area contributed by atoms with Crippen LogP contribution in [0.4, 0.5) is 0 Å². The van der Waals surface area contributed by atoms with E-state index in [1.54, 1.807) is 5.56 Å². The third kappa shape index (κ3) is 2.70. The Bertz CT molecular complexity index is 348. The first-order valence-electron chi connectivity index (χ1n) is 6.94. The smallest absolute Gasteiger partial charge is 0.0234 e. The van der Waals surface area contributed by atoms with Gasteiger partial charge >= 0.3 is 0 Å². The van der Waals surface area contributed by atoms with Crippen molar-refractivity contribution in [3.63, 3.8) is 0 Å². The first-order chi connectivity index (χ1) is 8.42. The SMILES string of the molecule is c1cc(C2CCC2)ccc1CN1CCNCC1. The predicted octanol–water partition coefficient (Wildman–Crippen LogP) is 2.36. The summed E-state index contributed by atoms with van der Waals surface area (Å²) in [4.78, 5) is 2.54. The molecule has 1 heterocycles.